The third-order valence-electron chi connectivity index (χ3n) is 6.37. The summed E-state index contributed by atoms with van der Waals surface area (Å²) in [7, 11) is 0. The molecule has 0 aromatic carbocycles. The number of hydrogen-bond acceptors (Lipinski definition) is 5. The van der Waals surface area contributed by atoms with Crippen LogP contribution in [-0.2, 0) is 0 Å². The van der Waals surface area contributed by atoms with Gasteiger partial charge >= 0.3 is 0 Å². The summed E-state index contributed by atoms with van der Waals surface area (Å²) in [5, 5.41) is 0. The number of hydrogen-bond donors (Lipinski definition) is 1. The Labute approximate surface area is 149 Å². The van der Waals surface area contributed by atoms with Crippen molar-refractivity contribution < 1.29 is 4.79 Å². The van der Waals surface area contributed by atoms with E-state index in [0.29, 0.717) is 11.2 Å². The Morgan fingerprint density at radius 3 is 2.60 bits per heavy atom. The number of anilines is 1. The van der Waals surface area contributed by atoms with E-state index in [1.54, 1.807) is 0 Å². The maximum Gasteiger partial charge on any atom is 0.291 e. The average molecular weight is 343 g/mol. The predicted molar refractivity (Wildman–Crippen MR) is 97.7 cm³/mol. The van der Waals surface area contributed by atoms with Crippen molar-refractivity contribution in [3.05, 3.63) is 17.1 Å². The van der Waals surface area contributed by atoms with Crippen molar-refractivity contribution in [2.75, 3.05) is 31.1 Å². The first-order valence-electron chi connectivity index (χ1n) is 9.62. The highest BCUT2D eigenvalue weighted by atomic mass is 16.2. The van der Waals surface area contributed by atoms with Gasteiger partial charge in [0.15, 0.2) is 0 Å². The van der Waals surface area contributed by atoms with Crippen LogP contribution < -0.4 is 10.6 Å². The molecule has 6 heteroatoms. The van der Waals surface area contributed by atoms with Crippen molar-refractivity contribution in [2.45, 2.75) is 58.4 Å². The zero-order valence-corrected chi connectivity index (χ0v) is 15.4. The lowest BCUT2D eigenvalue weighted by Gasteiger charge is -2.23. The molecule has 1 atom stereocenters. The molecular weight excluding hydrogens is 314 g/mol. The number of carbonyl (C=O) groups excluding carboxylic acids is 1. The second kappa shape index (κ2) is 6.24. The topological polar surface area (TPSA) is 75.4 Å². The van der Waals surface area contributed by atoms with Gasteiger partial charge in [-0.3, -0.25) is 4.79 Å². The van der Waals surface area contributed by atoms with Crippen LogP contribution in [0.4, 0.5) is 5.82 Å². The number of likely N-dealkylation sites (tertiary alicyclic amines) is 1. The van der Waals surface area contributed by atoms with Gasteiger partial charge in [-0.1, -0.05) is 0 Å². The normalized spacial score (nSPS) is 25.3. The molecule has 1 aliphatic carbocycles. The highest BCUT2D eigenvalue weighted by Gasteiger charge is 2.43. The molecule has 0 bridgehead atoms. The zero-order valence-electron chi connectivity index (χ0n) is 15.4. The van der Waals surface area contributed by atoms with E-state index in [1.807, 2.05) is 18.7 Å². The molecule has 3 heterocycles. The third kappa shape index (κ3) is 3.24. The Morgan fingerprint density at radius 2 is 1.92 bits per heavy atom. The fourth-order valence-electron chi connectivity index (χ4n) is 4.27. The van der Waals surface area contributed by atoms with E-state index in [-0.39, 0.29) is 11.9 Å². The Kier molecular flexibility index (Phi) is 4.18. The summed E-state index contributed by atoms with van der Waals surface area (Å²) in [6, 6.07) is 0.189. The quantitative estimate of drug-likeness (QED) is 0.889. The van der Waals surface area contributed by atoms with Crippen molar-refractivity contribution >= 4 is 11.7 Å². The highest BCUT2D eigenvalue weighted by Crippen LogP contribution is 2.53. The number of nitrogens with zero attached hydrogens (tertiary/aromatic N) is 4. The van der Waals surface area contributed by atoms with Crippen molar-refractivity contribution in [2.24, 2.45) is 11.1 Å². The monoisotopic (exact) mass is 343 g/mol. The van der Waals surface area contributed by atoms with Crippen LogP contribution in [0.5, 0.6) is 0 Å². The number of aryl methyl sites for hydroxylation is 1. The summed E-state index contributed by atoms with van der Waals surface area (Å²) in [6.45, 7) is 7.38. The molecular formula is C19H29N5O. The molecule has 2 saturated heterocycles. The van der Waals surface area contributed by atoms with Gasteiger partial charge < -0.3 is 15.5 Å². The predicted octanol–water partition coefficient (Wildman–Crippen LogP) is 2.04. The molecule has 136 valence electrons. The summed E-state index contributed by atoms with van der Waals surface area (Å²) in [5.41, 5.74) is 8.55. The number of rotatable bonds is 2. The Morgan fingerprint density at radius 1 is 1.12 bits per heavy atom. The van der Waals surface area contributed by atoms with E-state index in [9.17, 15) is 4.79 Å². The third-order valence-corrected chi connectivity index (χ3v) is 6.37. The summed E-state index contributed by atoms with van der Waals surface area (Å²) >= 11 is 0. The van der Waals surface area contributed by atoms with E-state index in [0.717, 1.165) is 62.5 Å². The summed E-state index contributed by atoms with van der Waals surface area (Å²) in [6.07, 6.45) is 7.16. The molecule has 2 aliphatic heterocycles. The van der Waals surface area contributed by atoms with Crippen LogP contribution in [0.3, 0.4) is 0 Å². The second-order valence-corrected chi connectivity index (χ2v) is 8.22. The first-order valence-corrected chi connectivity index (χ1v) is 9.62. The van der Waals surface area contributed by atoms with E-state index in [4.69, 9.17) is 5.73 Å². The second-order valence-electron chi connectivity index (χ2n) is 8.22. The molecule has 3 fully saturated rings. The number of nitrogens with two attached hydrogens (primary N) is 1. The Bertz CT molecular complexity index is 685. The van der Waals surface area contributed by atoms with Gasteiger partial charge in [0, 0.05) is 43.5 Å². The first-order chi connectivity index (χ1) is 12.0. The van der Waals surface area contributed by atoms with E-state index in [1.165, 1.54) is 19.3 Å². The fourth-order valence-corrected chi connectivity index (χ4v) is 4.27. The van der Waals surface area contributed by atoms with Crippen molar-refractivity contribution in [3.63, 3.8) is 0 Å². The van der Waals surface area contributed by atoms with Crippen molar-refractivity contribution in [1.82, 2.24) is 14.9 Å². The molecule has 3 aliphatic rings. The maximum atomic E-state index is 13.0. The van der Waals surface area contributed by atoms with Crippen LogP contribution in [0, 0.1) is 19.3 Å². The van der Waals surface area contributed by atoms with Gasteiger partial charge in [-0.15, -0.1) is 0 Å². The lowest BCUT2D eigenvalue weighted by Crippen LogP contribution is -2.34. The summed E-state index contributed by atoms with van der Waals surface area (Å²) in [5.74, 6) is 1.23. The van der Waals surface area contributed by atoms with Crippen LogP contribution in [-0.4, -0.2) is 53.0 Å². The molecule has 1 amide bonds. The zero-order chi connectivity index (χ0) is 17.6. The number of amides is 1. The standard InChI is InChI=1S/C19H29N5O/c1-13-14(2)21-16(22-17(13)24-10-4-15(20)12-24)18(25)23-9-3-5-19(6-7-19)8-11-23/h15H,3-12,20H2,1-2H3/t15-/m1/s1. The van der Waals surface area contributed by atoms with Gasteiger partial charge in [-0.05, 0) is 57.8 Å². The molecule has 4 rings (SSSR count). The average Bonchev–Trinajstić information content (AvgIpc) is 3.30. The summed E-state index contributed by atoms with van der Waals surface area (Å²) in [4.78, 5) is 26.4. The summed E-state index contributed by atoms with van der Waals surface area (Å²) < 4.78 is 0. The van der Waals surface area contributed by atoms with Crippen LogP contribution in [0.15, 0.2) is 0 Å². The van der Waals surface area contributed by atoms with Gasteiger partial charge in [0.05, 0.1) is 0 Å². The first kappa shape index (κ1) is 16.8. The SMILES string of the molecule is Cc1nc(C(=O)N2CCCC3(CC2)CC3)nc(N2CC[C@@H](N)C2)c1C. The van der Waals surface area contributed by atoms with Gasteiger partial charge in [0.2, 0.25) is 5.82 Å². The van der Waals surface area contributed by atoms with Crippen LogP contribution >= 0.6 is 0 Å². The Hall–Kier alpha value is -1.69. The molecule has 1 aromatic rings. The van der Waals surface area contributed by atoms with Crippen LogP contribution in [0.2, 0.25) is 0 Å². The molecule has 25 heavy (non-hydrogen) atoms. The lowest BCUT2D eigenvalue weighted by atomic mass is 9.98. The molecule has 6 nitrogen and oxygen atoms in total. The Balaban J connectivity index is 1.56. The van der Waals surface area contributed by atoms with E-state index < -0.39 is 0 Å². The molecule has 2 N–H and O–H groups in total. The fraction of sp³-hybridized carbons (Fsp3) is 0.737. The molecule has 0 unspecified atom stereocenters. The van der Waals surface area contributed by atoms with Gasteiger partial charge in [-0.2, -0.15) is 0 Å². The van der Waals surface area contributed by atoms with Gasteiger partial charge in [0.1, 0.15) is 5.82 Å². The lowest BCUT2D eigenvalue weighted by molar-refractivity contribution is 0.0747. The van der Waals surface area contributed by atoms with Crippen molar-refractivity contribution in [1.29, 1.82) is 0 Å². The number of aromatic nitrogens is 2. The van der Waals surface area contributed by atoms with E-state index in [2.05, 4.69) is 14.9 Å². The highest BCUT2D eigenvalue weighted by molar-refractivity contribution is 5.91. The van der Waals surface area contributed by atoms with Crippen LogP contribution in [0.25, 0.3) is 0 Å². The molecule has 0 radical (unpaired) electrons. The smallest absolute Gasteiger partial charge is 0.291 e. The minimum Gasteiger partial charge on any atom is -0.355 e. The van der Waals surface area contributed by atoms with Crippen LogP contribution in [0.1, 0.15) is 60.4 Å². The molecule has 1 spiro atoms. The van der Waals surface area contributed by atoms with E-state index >= 15 is 0 Å². The molecule has 1 saturated carbocycles. The minimum atomic E-state index is -0.00875. The van der Waals surface area contributed by atoms with Gasteiger partial charge in [-0.25, -0.2) is 9.97 Å². The minimum absolute atomic E-state index is 0.00875. The number of carbonyl (C=O) groups is 1. The van der Waals surface area contributed by atoms with Crippen molar-refractivity contribution in [3.8, 4) is 0 Å². The van der Waals surface area contributed by atoms with Gasteiger partial charge in [0.25, 0.3) is 5.91 Å². The molecule has 1 aromatic heterocycles. The largest absolute Gasteiger partial charge is 0.355 e. The maximum absolute atomic E-state index is 13.0.